The van der Waals surface area contributed by atoms with E-state index in [9.17, 15) is 9.59 Å². The zero-order chi connectivity index (χ0) is 22.7. The van der Waals surface area contributed by atoms with Crippen LogP contribution < -0.4 is 4.90 Å². The highest BCUT2D eigenvalue weighted by Crippen LogP contribution is 2.36. The number of aromatic nitrogens is 3. The molecule has 2 heterocycles. The fraction of sp³-hybridized carbons (Fsp3) is 0.217. The lowest BCUT2D eigenvalue weighted by Crippen LogP contribution is -2.32. The summed E-state index contributed by atoms with van der Waals surface area (Å²) in [5.74, 6) is -0.641. The average Bonchev–Trinajstić information content (AvgIpc) is 3.49. The van der Waals surface area contributed by atoms with Gasteiger partial charge in [-0.25, -0.2) is 14.8 Å². The Morgan fingerprint density at radius 2 is 1.91 bits per heavy atom. The van der Waals surface area contributed by atoms with E-state index in [2.05, 4.69) is 4.98 Å². The Labute approximate surface area is 194 Å². The molecule has 0 aliphatic rings. The van der Waals surface area contributed by atoms with E-state index in [4.69, 9.17) is 21.3 Å². The molecule has 4 aromatic rings. The van der Waals surface area contributed by atoms with Crippen LogP contribution in [0, 0.1) is 6.92 Å². The zero-order valence-electron chi connectivity index (χ0n) is 17.6. The van der Waals surface area contributed by atoms with Gasteiger partial charge in [0, 0.05) is 31.0 Å². The number of benzene rings is 2. The maximum atomic E-state index is 13.5. The van der Waals surface area contributed by atoms with Crippen LogP contribution in [0.1, 0.15) is 32.7 Å². The molecule has 32 heavy (non-hydrogen) atoms. The molecular formula is C23H21ClN4O3S. The number of amides is 1. The molecule has 0 N–H and O–H groups in total. The summed E-state index contributed by atoms with van der Waals surface area (Å²) in [6.45, 7) is 3.15. The molecule has 164 valence electrons. The number of methoxy groups -OCH3 is 1. The first kappa shape index (κ1) is 22.0. The summed E-state index contributed by atoms with van der Waals surface area (Å²) in [7, 11) is 1.32. The summed E-state index contributed by atoms with van der Waals surface area (Å²) in [6.07, 6.45) is 6.08. The average molecular weight is 469 g/mol. The summed E-state index contributed by atoms with van der Waals surface area (Å²) in [5.41, 5.74) is 2.64. The summed E-state index contributed by atoms with van der Waals surface area (Å²) in [4.78, 5) is 35.7. The predicted octanol–water partition coefficient (Wildman–Crippen LogP) is 4.98. The summed E-state index contributed by atoms with van der Waals surface area (Å²) in [5, 5.41) is 1.20. The highest BCUT2D eigenvalue weighted by Gasteiger charge is 2.22. The Morgan fingerprint density at radius 1 is 1.16 bits per heavy atom. The molecule has 0 bridgehead atoms. The van der Waals surface area contributed by atoms with E-state index in [1.54, 1.807) is 41.7 Å². The number of nitrogens with zero attached hydrogens (tertiary/aromatic N) is 4. The highest BCUT2D eigenvalue weighted by atomic mass is 35.5. The molecule has 0 saturated carbocycles. The molecule has 9 heteroatoms. The largest absolute Gasteiger partial charge is 0.465 e. The van der Waals surface area contributed by atoms with E-state index in [0.29, 0.717) is 34.2 Å². The van der Waals surface area contributed by atoms with Crippen LogP contribution in [0.15, 0.2) is 55.1 Å². The quantitative estimate of drug-likeness (QED) is 0.357. The standard InChI is InChI=1S/C23H21ClN4O3S/c1-15-4-9-18(24)20-19(15)26-23(32-20)28(12-3-11-27-13-10-25-14-27)21(29)16-5-7-17(8-6-16)22(30)31-2/h4-10,13-14H,3,11-12H2,1-2H3. The molecule has 4 rings (SSSR count). The first-order valence-electron chi connectivity index (χ1n) is 9.99. The van der Waals surface area contributed by atoms with E-state index < -0.39 is 5.97 Å². The van der Waals surface area contributed by atoms with Gasteiger partial charge in [0.15, 0.2) is 5.13 Å². The van der Waals surface area contributed by atoms with Gasteiger partial charge in [-0.3, -0.25) is 9.69 Å². The van der Waals surface area contributed by atoms with Crippen molar-refractivity contribution in [3.8, 4) is 0 Å². The van der Waals surface area contributed by atoms with Gasteiger partial charge in [0.05, 0.1) is 34.2 Å². The van der Waals surface area contributed by atoms with E-state index in [1.807, 2.05) is 29.8 Å². The third-order valence-corrected chi connectivity index (χ3v) is 6.61. The number of imidazole rings is 1. The monoisotopic (exact) mass is 468 g/mol. The Morgan fingerprint density at radius 3 is 2.56 bits per heavy atom. The van der Waals surface area contributed by atoms with Crippen LogP contribution in [-0.2, 0) is 11.3 Å². The van der Waals surface area contributed by atoms with Crippen molar-refractivity contribution in [1.82, 2.24) is 14.5 Å². The number of carbonyl (C=O) groups excluding carboxylic acids is 2. The SMILES string of the molecule is COC(=O)c1ccc(C(=O)N(CCCn2ccnc2)c2nc3c(C)ccc(Cl)c3s2)cc1. The third-order valence-electron chi connectivity index (χ3n) is 5.07. The second kappa shape index (κ2) is 9.50. The van der Waals surface area contributed by atoms with E-state index >= 15 is 0 Å². The number of rotatable bonds is 7. The van der Waals surface area contributed by atoms with Gasteiger partial charge in [-0.15, -0.1) is 0 Å². The van der Waals surface area contributed by atoms with Gasteiger partial charge in [0.1, 0.15) is 0 Å². The number of thiazole rings is 1. The van der Waals surface area contributed by atoms with Crippen molar-refractivity contribution in [2.45, 2.75) is 19.9 Å². The maximum absolute atomic E-state index is 13.5. The van der Waals surface area contributed by atoms with Crippen molar-refractivity contribution in [3.63, 3.8) is 0 Å². The van der Waals surface area contributed by atoms with E-state index in [-0.39, 0.29) is 5.91 Å². The van der Waals surface area contributed by atoms with Crippen LogP contribution in [0.4, 0.5) is 5.13 Å². The van der Waals surface area contributed by atoms with Gasteiger partial charge in [-0.1, -0.05) is 29.0 Å². The molecule has 0 spiro atoms. The van der Waals surface area contributed by atoms with Crippen LogP contribution in [0.2, 0.25) is 5.02 Å². The molecule has 1 amide bonds. The second-order valence-corrected chi connectivity index (χ2v) is 8.60. The number of esters is 1. The molecule has 0 unspecified atom stereocenters. The fourth-order valence-electron chi connectivity index (χ4n) is 3.34. The molecule has 0 saturated heterocycles. The number of hydrogen-bond acceptors (Lipinski definition) is 6. The minimum absolute atomic E-state index is 0.195. The summed E-state index contributed by atoms with van der Waals surface area (Å²) < 4.78 is 7.56. The highest BCUT2D eigenvalue weighted by molar-refractivity contribution is 7.23. The van der Waals surface area contributed by atoms with Crippen LogP contribution >= 0.6 is 22.9 Å². The van der Waals surface area contributed by atoms with Crippen molar-refractivity contribution in [1.29, 1.82) is 0 Å². The number of carbonyl (C=O) groups is 2. The number of hydrogen-bond donors (Lipinski definition) is 0. The van der Waals surface area contributed by atoms with Crippen LogP contribution in [0.3, 0.4) is 0 Å². The van der Waals surface area contributed by atoms with E-state index in [1.165, 1.54) is 18.4 Å². The number of anilines is 1. The van der Waals surface area contributed by atoms with Gasteiger partial charge in [-0.05, 0) is 49.2 Å². The third kappa shape index (κ3) is 4.51. The summed E-state index contributed by atoms with van der Waals surface area (Å²) >= 11 is 7.79. The van der Waals surface area contributed by atoms with Crippen LogP contribution in [-0.4, -0.2) is 40.1 Å². The second-order valence-electron chi connectivity index (χ2n) is 7.22. The Balaban J connectivity index is 1.65. The Kier molecular flexibility index (Phi) is 6.53. The number of aryl methyl sites for hydroxylation is 2. The smallest absolute Gasteiger partial charge is 0.337 e. The maximum Gasteiger partial charge on any atom is 0.337 e. The molecule has 2 aromatic carbocycles. The lowest BCUT2D eigenvalue weighted by Gasteiger charge is -2.20. The van der Waals surface area contributed by atoms with Gasteiger partial charge >= 0.3 is 5.97 Å². The molecule has 0 radical (unpaired) electrons. The molecule has 7 nitrogen and oxygen atoms in total. The number of ether oxygens (including phenoxy) is 1. The molecule has 0 aliphatic carbocycles. The van der Waals surface area contributed by atoms with Crippen molar-refractivity contribution < 1.29 is 14.3 Å². The van der Waals surface area contributed by atoms with Gasteiger partial charge in [-0.2, -0.15) is 0 Å². The van der Waals surface area contributed by atoms with Crippen molar-refractivity contribution >= 4 is 50.2 Å². The molecular weight excluding hydrogens is 448 g/mol. The lowest BCUT2D eigenvalue weighted by molar-refractivity contribution is 0.0600. The molecule has 0 atom stereocenters. The van der Waals surface area contributed by atoms with Crippen LogP contribution in [0.25, 0.3) is 10.2 Å². The number of fused-ring (bicyclic) bond motifs is 1. The van der Waals surface area contributed by atoms with Crippen LogP contribution in [0.5, 0.6) is 0 Å². The molecule has 0 fully saturated rings. The predicted molar refractivity (Wildman–Crippen MR) is 126 cm³/mol. The first-order chi connectivity index (χ1) is 15.5. The minimum atomic E-state index is -0.447. The topological polar surface area (TPSA) is 77.3 Å². The fourth-order valence-corrected chi connectivity index (χ4v) is 4.68. The Hall–Kier alpha value is -3.23. The van der Waals surface area contributed by atoms with Crippen molar-refractivity contribution in [2.24, 2.45) is 0 Å². The molecule has 2 aromatic heterocycles. The minimum Gasteiger partial charge on any atom is -0.465 e. The van der Waals surface area contributed by atoms with Gasteiger partial charge < -0.3 is 9.30 Å². The van der Waals surface area contributed by atoms with E-state index in [0.717, 1.165) is 22.3 Å². The zero-order valence-corrected chi connectivity index (χ0v) is 19.2. The number of halogens is 1. The van der Waals surface area contributed by atoms with Crippen molar-refractivity contribution in [2.75, 3.05) is 18.6 Å². The first-order valence-corrected chi connectivity index (χ1v) is 11.2. The summed E-state index contributed by atoms with van der Waals surface area (Å²) in [6, 6.07) is 10.2. The van der Waals surface area contributed by atoms with Crippen molar-refractivity contribution in [3.05, 3.63) is 76.8 Å². The lowest BCUT2D eigenvalue weighted by atomic mass is 10.1. The Bertz CT molecular complexity index is 1210. The normalized spacial score (nSPS) is 11.0. The van der Waals surface area contributed by atoms with Gasteiger partial charge in [0.2, 0.25) is 0 Å². The van der Waals surface area contributed by atoms with Gasteiger partial charge in [0.25, 0.3) is 5.91 Å². The molecule has 0 aliphatic heterocycles.